The van der Waals surface area contributed by atoms with E-state index in [0.717, 1.165) is 37.4 Å². The minimum absolute atomic E-state index is 0.0302. The monoisotopic (exact) mass is 378 g/mol. The molecule has 0 N–H and O–H groups in total. The number of methoxy groups -OCH3 is 1. The van der Waals surface area contributed by atoms with E-state index in [1.54, 1.807) is 4.90 Å². The van der Waals surface area contributed by atoms with Crippen LogP contribution in [0.25, 0.3) is 0 Å². The molecule has 6 nitrogen and oxygen atoms in total. The molecular formula is C21H34N2O4. The number of nitrogens with zero attached hydrogens (tertiary/aromatic N) is 2. The molecule has 0 saturated heterocycles. The van der Waals surface area contributed by atoms with Crippen molar-refractivity contribution in [2.24, 2.45) is 0 Å². The molecule has 0 aliphatic heterocycles. The summed E-state index contributed by atoms with van der Waals surface area (Å²) in [6.45, 7) is 10.8. The summed E-state index contributed by atoms with van der Waals surface area (Å²) in [4.78, 5) is 28.4. The largest absolute Gasteiger partial charge is 0.494 e. The molecule has 0 heterocycles. The predicted octanol–water partition coefficient (Wildman–Crippen LogP) is 2.75. The van der Waals surface area contributed by atoms with Crippen LogP contribution in [0.2, 0.25) is 0 Å². The molecule has 0 aromatic heterocycles. The van der Waals surface area contributed by atoms with Crippen LogP contribution in [0.1, 0.15) is 39.2 Å². The minimum atomic E-state index is -0.294. The summed E-state index contributed by atoms with van der Waals surface area (Å²) in [5.41, 5.74) is 0.940. The maximum Gasteiger partial charge on any atom is 0.307 e. The maximum atomic E-state index is 12.8. The number of esters is 1. The van der Waals surface area contributed by atoms with E-state index in [2.05, 4.69) is 18.7 Å². The lowest BCUT2D eigenvalue weighted by Gasteiger charge is -2.24. The molecule has 0 unspecified atom stereocenters. The summed E-state index contributed by atoms with van der Waals surface area (Å²) >= 11 is 0. The Morgan fingerprint density at radius 1 is 0.963 bits per heavy atom. The minimum Gasteiger partial charge on any atom is -0.494 e. The van der Waals surface area contributed by atoms with E-state index in [-0.39, 0.29) is 18.3 Å². The highest BCUT2D eigenvalue weighted by atomic mass is 16.5. The maximum absolute atomic E-state index is 12.8. The lowest BCUT2D eigenvalue weighted by molar-refractivity contribution is -0.141. The topological polar surface area (TPSA) is 59.1 Å². The van der Waals surface area contributed by atoms with Gasteiger partial charge in [0, 0.05) is 13.1 Å². The van der Waals surface area contributed by atoms with Crippen LogP contribution in [-0.4, -0.2) is 68.1 Å². The summed E-state index contributed by atoms with van der Waals surface area (Å²) in [5, 5.41) is 0. The summed E-state index contributed by atoms with van der Waals surface area (Å²) in [6.07, 6.45) is 1.42. The van der Waals surface area contributed by atoms with Gasteiger partial charge in [-0.25, -0.2) is 0 Å². The van der Waals surface area contributed by atoms with Gasteiger partial charge in [-0.05, 0) is 50.7 Å². The molecule has 1 amide bonds. The van der Waals surface area contributed by atoms with Crippen LogP contribution < -0.4 is 4.74 Å². The van der Waals surface area contributed by atoms with Gasteiger partial charge in [-0.2, -0.15) is 0 Å². The average molecular weight is 379 g/mol. The van der Waals surface area contributed by atoms with Gasteiger partial charge in [0.25, 0.3) is 0 Å². The number of benzene rings is 1. The van der Waals surface area contributed by atoms with Gasteiger partial charge in [-0.3, -0.25) is 9.59 Å². The molecular weight excluding hydrogens is 344 g/mol. The zero-order chi connectivity index (χ0) is 20.1. The van der Waals surface area contributed by atoms with Gasteiger partial charge >= 0.3 is 5.97 Å². The molecule has 0 bridgehead atoms. The Bertz CT molecular complexity index is 556. The molecule has 0 fully saturated rings. The predicted molar refractivity (Wildman–Crippen MR) is 107 cm³/mol. The summed E-state index contributed by atoms with van der Waals surface area (Å²) < 4.78 is 10.1. The SMILES string of the molecule is CCOc1ccc(CC(=O)N(CCCN(CC)CC)CCC(=O)OC)cc1. The number of hydrogen-bond acceptors (Lipinski definition) is 5. The lowest BCUT2D eigenvalue weighted by Crippen LogP contribution is -2.37. The Labute approximate surface area is 163 Å². The van der Waals surface area contributed by atoms with Crippen LogP contribution in [-0.2, 0) is 20.7 Å². The first-order valence-corrected chi connectivity index (χ1v) is 9.82. The Morgan fingerprint density at radius 3 is 2.19 bits per heavy atom. The van der Waals surface area contributed by atoms with E-state index in [1.165, 1.54) is 7.11 Å². The zero-order valence-electron chi connectivity index (χ0n) is 17.2. The van der Waals surface area contributed by atoms with Crippen LogP contribution in [0.3, 0.4) is 0 Å². The second kappa shape index (κ2) is 13.1. The van der Waals surface area contributed by atoms with Crippen LogP contribution in [0.4, 0.5) is 0 Å². The second-order valence-corrected chi connectivity index (χ2v) is 6.34. The Balaban J connectivity index is 2.65. The quantitative estimate of drug-likeness (QED) is 0.494. The molecule has 1 aromatic rings. The van der Waals surface area contributed by atoms with E-state index >= 15 is 0 Å². The van der Waals surface area contributed by atoms with Gasteiger partial charge < -0.3 is 19.3 Å². The van der Waals surface area contributed by atoms with E-state index < -0.39 is 0 Å². The van der Waals surface area contributed by atoms with E-state index in [4.69, 9.17) is 9.47 Å². The van der Waals surface area contributed by atoms with Gasteiger partial charge in [-0.1, -0.05) is 26.0 Å². The molecule has 0 atom stereocenters. The molecule has 0 aliphatic rings. The number of rotatable bonds is 13. The van der Waals surface area contributed by atoms with Crippen molar-refractivity contribution in [1.29, 1.82) is 0 Å². The van der Waals surface area contributed by atoms with Crippen molar-refractivity contribution in [2.45, 2.75) is 40.0 Å². The molecule has 0 saturated carbocycles. The summed E-state index contributed by atoms with van der Waals surface area (Å²) in [5.74, 6) is 0.538. The third kappa shape index (κ3) is 8.91. The first-order chi connectivity index (χ1) is 13.0. The smallest absolute Gasteiger partial charge is 0.307 e. The van der Waals surface area contributed by atoms with E-state index in [0.29, 0.717) is 26.1 Å². The molecule has 0 radical (unpaired) electrons. The average Bonchev–Trinajstić information content (AvgIpc) is 2.68. The van der Waals surface area contributed by atoms with Crippen LogP contribution >= 0.6 is 0 Å². The van der Waals surface area contributed by atoms with Gasteiger partial charge in [-0.15, -0.1) is 0 Å². The summed E-state index contributed by atoms with van der Waals surface area (Å²) in [7, 11) is 1.37. The molecule has 152 valence electrons. The van der Waals surface area contributed by atoms with Crippen molar-refractivity contribution >= 4 is 11.9 Å². The van der Waals surface area contributed by atoms with Crippen molar-refractivity contribution in [2.75, 3.05) is 46.4 Å². The highest BCUT2D eigenvalue weighted by Crippen LogP contribution is 2.13. The van der Waals surface area contributed by atoms with Crippen molar-refractivity contribution in [1.82, 2.24) is 9.80 Å². The summed E-state index contributed by atoms with van der Waals surface area (Å²) in [6, 6.07) is 7.59. The Hall–Kier alpha value is -2.08. The van der Waals surface area contributed by atoms with Crippen LogP contribution in [0.15, 0.2) is 24.3 Å². The fourth-order valence-corrected chi connectivity index (χ4v) is 2.87. The number of carbonyl (C=O) groups is 2. The van der Waals surface area contributed by atoms with Crippen molar-refractivity contribution in [3.05, 3.63) is 29.8 Å². The molecule has 0 aliphatic carbocycles. The molecule has 1 aromatic carbocycles. The van der Waals surface area contributed by atoms with Crippen molar-refractivity contribution < 1.29 is 19.1 Å². The number of carbonyl (C=O) groups excluding carboxylic acids is 2. The fourth-order valence-electron chi connectivity index (χ4n) is 2.87. The molecule has 6 heteroatoms. The molecule has 1 rings (SSSR count). The highest BCUT2D eigenvalue weighted by Gasteiger charge is 2.16. The van der Waals surface area contributed by atoms with Crippen molar-refractivity contribution in [3.63, 3.8) is 0 Å². The normalized spacial score (nSPS) is 10.7. The highest BCUT2D eigenvalue weighted by molar-refractivity contribution is 5.79. The molecule has 0 spiro atoms. The van der Waals surface area contributed by atoms with Crippen LogP contribution in [0, 0.1) is 0 Å². The van der Waals surface area contributed by atoms with Gasteiger partial charge in [0.05, 0.1) is 26.6 Å². The second-order valence-electron chi connectivity index (χ2n) is 6.34. The number of hydrogen-bond donors (Lipinski definition) is 0. The third-order valence-electron chi connectivity index (χ3n) is 4.55. The fraction of sp³-hybridized carbons (Fsp3) is 0.619. The third-order valence-corrected chi connectivity index (χ3v) is 4.55. The van der Waals surface area contributed by atoms with E-state index in [9.17, 15) is 9.59 Å². The lowest BCUT2D eigenvalue weighted by atomic mass is 10.1. The standard InChI is InChI=1S/C21H34N2O4/c1-5-22(6-2)14-8-15-23(16-13-21(25)26-4)20(24)17-18-9-11-19(12-10-18)27-7-3/h9-12H,5-8,13-17H2,1-4H3. The van der Waals surface area contributed by atoms with E-state index in [1.807, 2.05) is 31.2 Å². The Kier molecular flexibility index (Phi) is 11.2. The molecule has 27 heavy (non-hydrogen) atoms. The van der Waals surface area contributed by atoms with Gasteiger partial charge in [0.1, 0.15) is 5.75 Å². The zero-order valence-corrected chi connectivity index (χ0v) is 17.2. The first kappa shape index (κ1) is 23.0. The first-order valence-electron chi connectivity index (χ1n) is 9.82. The van der Waals surface area contributed by atoms with Crippen molar-refractivity contribution in [3.8, 4) is 5.75 Å². The van der Waals surface area contributed by atoms with Gasteiger partial charge in [0.15, 0.2) is 0 Å². The number of amides is 1. The van der Waals surface area contributed by atoms with Crippen LogP contribution in [0.5, 0.6) is 5.75 Å². The number of ether oxygens (including phenoxy) is 2. The van der Waals surface area contributed by atoms with Gasteiger partial charge in [0.2, 0.25) is 5.91 Å². The Morgan fingerprint density at radius 2 is 1.63 bits per heavy atom.